The van der Waals surface area contributed by atoms with E-state index in [2.05, 4.69) is 0 Å². The van der Waals surface area contributed by atoms with Crippen LogP contribution in [0.3, 0.4) is 0 Å². The van der Waals surface area contributed by atoms with Gasteiger partial charge in [0, 0.05) is 39.1 Å². The first-order valence-corrected chi connectivity index (χ1v) is 10.9. The van der Waals surface area contributed by atoms with Crippen LogP contribution in [0.2, 0.25) is 0 Å². The molecule has 0 spiro atoms. The zero-order valence-corrected chi connectivity index (χ0v) is 19.2. The highest BCUT2D eigenvalue weighted by Crippen LogP contribution is 2.09. The molecule has 0 aliphatic heterocycles. The van der Waals surface area contributed by atoms with Crippen LogP contribution >= 0.6 is 0 Å². The van der Waals surface area contributed by atoms with Gasteiger partial charge in [-0.1, -0.05) is 20.8 Å². The molecule has 0 aliphatic rings. The van der Waals surface area contributed by atoms with Gasteiger partial charge in [0.25, 0.3) is 0 Å². The first-order valence-electron chi connectivity index (χ1n) is 10.9. The molecule has 12 heteroatoms. The minimum atomic E-state index is -1.46. The zero-order valence-electron chi connectivity index (χ0n) is 19.2. The van der Waals surface area contributed by atoms with E-state index in [9.17, 15) is 28.8 Å². The summed E-state index contributed by atoms with van der Waals surface area (Å²) in [6.45, 7) is 4.14. The normalized spacial score (nSPS) is 14.0. The van der Waals surface area contributed by atoms with Gasteiger partial charge in [0.15, 0.2) is 0 Å². The molecule has 0 saturated heterocycles. The van der Waals surface area contributed by atoms with Crippen LogP contribution in [0, 0.1) is 17.8 Å². The lowest BCUT2D eigenvalue weighted by atomic mass is 10.0. The van der Waals surface area contributed by atoms with Crippen LogP contribution in [-0.4, -0.2) is 66.6 Å². The van der Waals surface area contributed by atoms with E-state index in [1.54, 1.807) is 20.8 Å². The topological polar surface area (TPSA) is 178 Å². The van der Waals surface area contributed by atoms with Crippen LogP contribution in [-0.2, 0) is 0 Å². The van der Waals surface area contributed by atoms with Gasteiger partial charge in [-0.25, -0.2) is 14.4 Å². The van der Waals surface area contributed by atoms with Crippen LogP contribution in [0.25, 0.3) is 0 Å². The van der Waals surface area contributed by atoms with E-state index in [4.69, 9.17) is 15.3 Å². The average Bonchev–Trinajstić information content (AvgIpc) is 2.67. The van der Waals surface area contributed by atoms with Crippen LogP contribution in [0.1, 0.15) is 73.7 Å². The summed E-state index contributed by atoms with van der Waals surface area (Å²) >= 11 is 0. The van der Waals surface area contributed by atoms with Crippen molar-refractivity contribution in [3.8, 4) is 0 Å². The van der Waals surface area contributed by atoms with Crippen LogP contribution < -0.4 is 17.1 Å². The second-order valence-corrected chi connectivity index (χ2v) is 8.50. The third kappa shape index (κ3) is 7.41. The predicted molar refractivity (Wildman–Crippen MR) is 118 cm³/mol. The molecule has 0 saturated carbocycles. The molecular formula is C21H33N3O9. The average molecular weight is 472 g/mol. The third-order valence-corrected chi connectivity index (χ3v) is 5.33. The quantitative estimate of drug-likeness (QED) is 0.356. The van der Waals surface area contributed by atoms with Crippen LogP contribution in [0.4, 0.5) is 0 Å². The number of rotatable bonds is 12. The number of hydrogen-bond acceptors (Lipinski definition) is 9. The fourth-order valence-electron chi connectivity index (χ4n) is 3.32. The Hall–Kier alpha value is -2.70. The van der Waals surface area contributed by atoms with Gasteiger partial charge < -0.3 is 15.3 Å². The molecule has 3 atom stereocenters. The summed E-state index contributed by atoms with van der Waals surface area (Å²) in [6, 6.07) is 0. The molecule has 0 aromatic carbocycles. The Morgan fingerprint density at radius 1 is 0.576 bits per heavy atom. The number of nitrogens with zero attached hydrogens (tertiary/aromatic N) is 3. The molecule has 186 valence electrons. The van der Waals surface area contributed by atoms with Gasteiger partial charge in [0.05, 0.1) is 0 Å². The maximum Gasteiger partial charge on any atom is 0.350 e. The molecule has 0 fully saturated rings. The van der Waals surface area contributed by atoms with Crippen molar-refractivity contribution < 1.29 is 29.7 Å². The molecular weight excluding hydrogens is 438 g/mol. The molecule has 1 aromatic heterocycles. The maximum absolute atomic E-state index is 12.9. The number of aromatic nitrogens is 3. The van der Waals surface area contributed by atoms with Crippen LogP contribution in [0.5, 0.6) is 0 Å². The summed E-state index contributed by atoms with van der Waals surface area (Å²) < 4.78 is 0.329. The highest BCUT2D eigenvalue weighted by Gasteiger charge is 2.28. The highest BCUT2D eigenvalue weighted by molar-refractivity contribution is 5.84. The summed E-state index contributed by atoms with van der Waals surface area (Å²) in [6.07, 6.45) is -0.370. The second kappa shape index (κ2) is 13.1. The van der Waals surface area contributed by atoms with Crippen molar-refractivity contribution in [2.24, 2.45) is 17.8 Å². The summed E-state index contributed by atoms with van der Waals surface area (Å²) in [4.78, 5) is 76.9. The molecule has 1 heterocycles. The van der Waals surface area contributed by atoms with E-state index in [1.165, 1.54) is 0 Å². The lowest BCUT2D eigenvalue weighted by Gasteiger charge is -2.15. The fraction of sp³-hybridized carbons (Fsp3) is 0.714. The van der Waals surface area contributed by atoms with E-state index in [0.29, 0.717) is 0 Å². The summed E-state index contributed by atoms with van der Waals surface area (Å²) in [5.74, 6) is -4.28. The molecule has 3 unspecified atom stereocenters. The van der Waals surface area contributed by atoms with Gasteiger partial charge in [0.1, 0.15) is 0 Å². The van der Waals surface area contributed by atoms with Crippen molar-refractivity contribution in [3.05, 3.63) is 31.5 Å². The standard InChI is InChI=1S/C21H33N3O9/c1-13(4-7-25)10-16(28)22-19(31)23(17(29)11-14(2)5-8-26)21(33)24(20(22)32)18(30)12-15(3)6-9-27/h13-15,25-27H,4-12H2,1-3H3. The lowest BCUT2D eigenvalue weighted by Crippen LogP contribution is -2.59. The number of hydrogen-bond donors (Lipinski definition) is 3. The largest absolute Gasteiger partial charge is 0.396 e. The molecule has 33 heavy (non-hydrogen) atoms. The van der Waals surface area contributed by atoms with Crippen LogP contribution in [0.15, 0.2) is 14.4 Å². The number of aliphatic hydroxyl groups is 3. The molecule has 1 rings (SSSR count). The molecule has 0 aliphatic carbocycles. The molecule has 0 amide bonds. The van der Waals surface area contributed by atoms with E-state index in [1.807, 2.05) is 0 Å². The van der Waals surface area contributed by atoms with E-state index in [0.717, 1.165) is 0 Å². The van der Waals surface area contributed by atoms with Gasteiger partial charge in [-0.05, 0) is 37.0 Å². The highest BCUT2D eigenvalue weighted by atomic mass is 16.3. The minimum Gasteiger partial charge on any atom is -0.396 e. The first-order chi connectivity index (χ1) is 15.5. The number of carbonyl (C=O) groups excluding carboxylic acids is 3. The molecule has 12 nitrogen and oxygen atoms in total. The Labute approximate surface area is 190 Å². The number of aliphatic hydroxyl groups excluding tert-OH is 3. The second-order valence-electron chi connectivity index (χ2n) is 8.50. The van der Waals surface area contributed by atoms with Gasteiger partial charge in [-0.2, -0.15) is 13.7 Å². The Kier molecular flexibility index (Phi) is 11.3. The summed E-state index contributed by atoms with van der Waals surface area (Å²) in [7, 11) is 0. The van der Waals surface area contributed by atoms with Crippen molar-refractivity contribution in [2.75, 3.05) is 19.8 Å². The minimum absolute atomic E-state index is 0.110. The Morgan fingerprint density at radius 2 is 0.788 bits per heavy atom. The lowest BCUT2D eigenvalue weighted by molar-refractivity contribution is 0.0811. The van der Waals surface area contributed by atoms with Crippen molar-refractivity contribution in [1.82, 2.24) is 13.7 Å². The number of carbonyl (C=O) groups is 3. The Morgan fingerprint density at radius 3 is 0.970 bits per heavy atom. The third-order valence-electron chi connectivity index (χ3n) is 5.33. The Balaban J connectivity index is 3.67. The van der Waals surface area contributed by atoms with Gasteiger partial charge >= 0.3 is 17.1 Å². The van der Waals surface area contributed by atoms with Crippen molar-refractivity contribution >= 4 is 17.7 Å². The molecule has 1 aromatic rings. The SMILES string of the molecule is CC(CCO)CC(=O)n1c(=O)n(C(=O)CC(C)CCO)c(=O)n(C(=O)CC(C)CCO)c1=O. The van der Waals surface area contributed by atoms with Gasteiger partial charge in [-0.3, -0.25) is 14.4 Å². The van der Waals surface area contributed by atoms with Crippen molar-refractivity contribution in [2.45, 2.75) is 59.3 Å². The van der Waals surface area contributed by atoms with Gasteiger partial charge in [-0.15, -0.1) is 0 Å². The van der Waals surface area contributed by atoms with E-state index < -0.39 is 52.5 Å². The zero-order chi connectivity index (χ0) is 25.3. The van der Waals surface area contributed by atoms with E-state index in [-0.39, 0.29) is 72.0 Å². The first kappa shape index (κ1) is 28.3. The van der Waals surface area contributed by atoms with Crippen molar-refractivity contribution in [3.63, 3.8) is 0 Å². The monoisotopic (exact) mass is 471 g/mol. The van der Waals surface area contributed by atoms with Gasteiger partial charge in [0.2, 0.25) is 17.7 Å². The molecule has 3 N–H and O–H groups in total. The summed E-state index contributed by atoms with van der Waals surface area (Å²) in [5, 5.41) is 27.1. The predicted octanol–water partition coefficient (Wildman–Crippen LogP) is -0.682. The Bertz CT molecular complexity index is 862. The summed E-state index contributed by atoms with van der Waals surface area (Å²) in [5.41, 5.74) is -4.38. The van der Waals surface area contributed by atoms with Crippen molar-refractivity contribution in [1.29, 1.82) is 0 Å². The maximum atomic E-state index is 12.9. The molecule has 0 radical (unpaired) electrons. The van der Waals surface area contributed by atoms with E-state index >= 15 is 0 Å². The molecule has 0 bridgehead atoms. The fourth-order valence-corrected chi connectivity index (χ4v) is 3.32. The smallest absolute Gasteiger partial charge is 0.350 e.